The molecule has 0 atom stereocenters. The smallest absolute Gasteiger partial charge is 0.200 e. The molecule has 0 radical (unpaired) electrons. The molecule has 92 valence electrons. The minimum Gasteiger partial charge on any atom is -0.320 e. The molecule has 0 unspecified atom stereocenters. The van der Waals surface area contributed by atoms with E-state index in [2.05, 4.69) is 5.32 Å². The third-order valence-corrected chi connectivity index (χ3v) is 4.73. The van der Waals surface area contributed by atoms with Gasteiger partial charge in [-0.1, -0.05) is 18.2 Å². The first-order valence-corrected chi connectivity index (χ1v) is 7.31. The summed E-state index contributed by atoms with van der Waals surface area (Å²) in [5.41, 5.74) is 2.65. The van der Waals surface area contributed by atoms with Gasteiger partial charge in [0.1, 0.15) is 0 Å². The number of fused-ring (bicyclic) bond motifs is 1. The molecule has 3 nitrogen and oxygen atoms in total. The molecule has 0 amide bonds. The molecule has 2 rings (SSSR count). The number of allylic oxidation sites excluding steroid dienone is 1. The van der Waals surface area contributed by atoms with Crippen molar-refractivity contribution in [3.63, 3.8) is 0 Å². The number of hydrogen-bond donors (Lipinski definition) is 1. The molecule has 17 heavy (non-hydrogen) atoms. The molecule has 0 saturated heterocycles. The Morgan fingerprint density at radius 1 is 1.29 bits per heavy atom. The van der Waals surface area contributed by atoms with Crippen LogP contribution in [0.1, 0.15) is 24.5 Å². The molecule has 0 fully saturated rings. The molecule has 1 aliphatic heterocycles. The van der Waals surface area contributed by atoms with Crippen molar-refractivity contribution in [2.75, 3.05) is 13.6 Å². The molecule has 0 aliphatic carbocycles. The van der Waals surface area contributed by atoms with E-state index in [0.29, 0.717) is 4.90 Å². The molecule has 1 aromatic carbocycles. The average molecular weight is 251 g/mol. The van der Waals surface area contributed by atoms with Crippen LogP contribution in [0.4, 0.5) is 0 Å². The number of sulfone groups is 1. The zero-order valence-electron chi connectivity index (χ0n) is 10.2. The Kier molecular flexibility index (Phi) is 3.35. The maximum atomic E-state index is 12.0. The van der Waals surface area contributed by atoms with Crippen molar-refractivity contribution in [3.05, 3.63) is 34.7 Å². The fraction of sp³-hybridized carbons (Fsp3) is 0.385. The van der Waals surface area contributed by atoms with E-state index < -0.39 is 9.84 Å². The molecule has 0 bridgehead atoms. The molecule has 0 saturated carbocycles. The summed E-state index contributed by atoms with van der Waals surface area (Å²) >= 11 is 0. The Bertz CT molecular complexity index is 559. The molecule has 1 aromatic rings. The second-order valence-corrected chi connectivity index (χ2v) is 6.08. The van der Waals surface area contributed by atoms with Crippen molar-refractivity contribution in [2.45, 2.75) is 24.7 Å². The fourth-order valence-corrected chi connectivity index (χ4v) is 4.02. The lowest BCUT2D eigenvalue weighted by Gasteiger charge is -2.08. The largest absolute Gasteiger partial charge is 0.320 e. The molecular weight excluding hydrogens is 234 g/mol. The third kappa shape index (κ3) is 2.28. The van der Waals surface area contributed by atoms with Gasteiger partial charge in [0.2, 0.25) is 9.84 Å². The van der Waals surface area contributed by atoms with Crippen molar-refractivity contribution in [2.24, 2.45) is 0 Å². The van der Waals surface area contributed by atoms with Crippen LogP contribution in [-0.4, -0.2) is 22.0 Å². The van der Waals surface area contributed by atoms with Crippen molar-refractivity contribution in [3.8, 4) is 0 Å². The number of aryl methyl sites for hydroxylation is 1. The van der Waals surface area contributed by atoms with Crippen LogP contribution in [0.5, 0.6) is 0 Å². The van der Waals surface area contributed by atoms with Crippen LogP contribution >= 0.6 is 0 Å². The molecule has 1 N–H and O–H groups in total. The second-order valence-electron chi connectivity index (χ2n) is 4.35. The molecule has 0 spiro atoms. The van der Waals surface area contributed by atoms with Crippen LogP contribution < -0.4 is 5.32 Å². The van der Waals surface area contributed by atoms with Crippen molar-refractivity contribution < 1.29 is 8.42 Å². The van der Waals surface area contributed by atoms with Crippen LogP contribution in [0.15, 0.2) is 28.5 Å². The summed E-state index contributed by atoms with van der Waals surface area (Å²) in [6.45, 7) is 2.75. The lowest BCUT2D eigenvalue weighted by molar-refractivity contribution is 0.603. The van der Waals surface area contributed by atoms with E-state index in [-0.39, 0.29) is 0 Å². The van der Waals surface area contributed by atoms with Crippen molar-refractivity contribution >= 4 is 15.4 Å². The zero-order chi connectivity index (χ0) is 12.5. The van der Waals surface area contributed by atoms with E-state index in [1.165, 1.54) is 5.41 Å². The van der Waals surface area contributed by atoms with Gasteiger partial charge in [0.25, 0.3) is 0 Å². The summed E-state index contributed by atoms with van der Waals surface area (Å²) in [6, 6.07) is 5.73. The second kappa shape index (κ2) is 4.63. The van der Waals surface area contributed by atoms with Gasteiger partial charge in [0, 0.05) is 5.41 Å². The Morgan fingerprint density at radius 3 is 2.76 bits per heavy atom. The van der Waals surface area contributed by atoms with Gasteiger partial charge in [-0.25, -0.2) is 8.42 Å². The minimum absolute atomic E-state index is 0.522. The summed E-state index contributed by atoms with van der Waals surface area (Å²) < 4.78 is 24.0. The van der Waals surface area contributed by atoms with Crippen LogP contribution in [0.3, 0.4) is 0 Å². The van der Waals surface area contributed by atoms with Crippen LogP contribution in [0.25, 0.3) is 5.57 Å². The summed E-state index contributed by atoms with van der Waals surface area (Å²) in [5.74, 6) is 0. The number of hydrogen-bond acceptors (Lipinski definition) is 3. The quantitative estimate of drug-likeness (QED) is 0.832. The summed E-state index contributed by atoms with van der Waals surface area (Å²) in [6.07, 6.45) is 1.74. The van der Waals surface area contributed by atoms with E-state index in [1.807, 2.05) is 32.2 Å². The lowest BCUT2D eigenvalue weighted by Crippen LogP contribution is -2.09. The van der Waals surface area contributed by atoms with Crippen LogP contribution in [-0.2, 0) is 16.3 Å². The van der Waals surface area contributed by atoms with Crippen molar-refractivity contribution in [1.82, 2.24) is 5.32 Å². The van der Waals surface area contributed by atoms with Crippen LogP contribution in [0, 0.1) is 0 Å². The standard InChI is InChI=1S/C13H17NO2S/c1-10-9-17(15,16)13-11(6-4-8-14-2)5-3-7-12(10)13/h3,5,7,9,14H,4,6,8H2,1-2H3. The first-order valence-electron chi connectivity index (χ1n) is 5.76. The van der Waals surface area contributed by atoms with Gasteiger partial charge in [-0.2, -0.15) is 0 Å². The predicted molar refractivity (Wildman–Crippen MR) is 69.5 cm³/mol. The average Bonchev–Trinajstić information content (AvgIpc) is 2.51. The molecule has 1 heterocycles. The van der Waals surface area contributed by atoms with E-state index in [4.69, 9.17) is 0 Å². The minimum atomic E-state index is -3.21. The van der Waals surface area contributed by atoms with Crippen molar-refractivity contribution in [1.29, 1.82) is 0 Å². The Hall–Kier alpha value is -1.13. The topological polar surface area (TPSA) is 46.2 Å². The van der Waals surface area contributed by atoms with Gasteiger partial charge < -0.3 is 5.32 Å². The summed E-state index contributed by atoms with van der Waals surface area (Å²) in [7, 11) is -1.30. The van der Waals surface area contributed by atoms with Crippen LogP contribution in [0.2, 0.25) is 0 Å². The maximum absolute atomic E-state index is 12.0. The predicted octanol–water partition coefficient (Wildman–Crippen LogP) is 1.99. The molecule has 4 heteroatoms. The first-order chi connectivity index (χ1) is 8.06. The Labute approximate surface area is 102 Å². The van der Waals surface area contributed by atoms with E-state index in [9.17, 15) is 8.42 Å². The Balaban J connectivity index is 2.40. The van der Waals surface area contributed by atoms with Gasteiger partial charge in [0.15, 0.2) is 0 Å². The summed E-state index contributed by atoms with van der Waals surface area (Å²) in [5, 5.41) is 4.45. The third-order valence-electron chi connectivity index (χ3n) is 3.01. The number of rotatable bonds is 4. The SMILES string of the molecule is CNCCCc1cccc2c1S(=O)(=O)C=C2C. The highest BCUT2D eigenvalue weighted by Gasteiger charge is 2.27. The fourth-order valence-electron chi connectivity index (χ4n) is 2.24. The zero-order valence-corrected chi connectivity index (χ0v) is 11.0. The highest BCUT2D eigenvalue weighted by atomic mass is 32.2. The monoisotopic (exact) mass is 251 g/mol. The molecule has 0 aromatic heterocycles. The highest BCUT2D eigenvalue weighted by molar-refractivity contribution is 7.95. The van der Waals surface area contributed by atoms with Gasteiger partial charge in [0.05, 0.1) is 4.90 Å². The van der Waals surface area contributed by atoms with Gasteiger partial charge in [-0.3, -0.25) is 0 Å². The Morgan fingerprint density at radius 2 is 2.06 bits per heavy atom. The van der Waals surface area contributed by atoms with E-state index in [1.54, 1.807) is 0 Å². The maximum Gasteiger partial charge on any atom is 0.200 e. The van der Waals surface area contributed by atoms with Gasteiger partial charge in [-0.15, -0.1) is 0 Å². The van der Waals surface area contributed by atoms with E-state index >= 15 is 0 Å². The molecule has 1 aliphatic rings. The van der Waals surface area contributed by atoms with Gasteiger partial charge >= 0.3 is 0 Å². The van der Waals surface area contributed by atoms with E-state index in [0.717, 1.165) is 36.1 Å². The van der Waals surface area contributed by atoms with Gasteiger partial charge in [-0.05, 0) is 50.1 Å². The normalized spacial score (nSPS) is 16.7. The lowest BCUT2D eigenvalue weighted by atomic mass is 10.0. The highest BCUT2D eigenvalue weighted by Crippen LogP contribution is 2.35. The first kappa shape index (κ1) is 12.3. The number of benzene rings is 1. The number of nitrogens with one attached hydrogen (secondary N) is 1. The molecular formula is C13H17NO2S. The summed E-state index contributed by atoms with van der Waals surface area (Å²) in [4.78, 5) is 0.522.